The van der Waals surface area contributed by atoms with Gasteiger partial charge in [0.2, 0.25) is 5.91 Å². The van der Waals surface area contributed by atoms with E-state index in [0.717, 1.165) is 23.3 Å². The summed E-state index contributed by atoms with van der Waals surface area (Å²) in [6.07, 6.45) is 1.54. The largest absolute Gasteiger partial charge is 0.497 e. The molecule has 1 fully saturated rings. The second kappa shape index (κ2) is 8.06. The SMILES string of the molecule is CCC1c2ccccc2CCN1C(=O)CN1C(=O)NC(C)(c2ccc(OC)cc2)C1=O. The number of ether oxygens (including phenoxy) is 1. The van der Waals surface area contributed by atoms with Crippen molar-refractivity contribution < 1.29 is 19.1 Å². The van der Waals surface area contributed by atoms with Gasteiger partial charge in [-0.1, -0.05) is 43.3 Å². The maximum Gasteiger partial charge on any atom is 0.325 e. The van der Waals surface area contributed by atoms with Crippen LogP contribution in [-0.2, 0) is 21.5 Å². The molecule has 4 rings (SSSR count). The zero-order chi connectivity index (χ0) is 22.2. The standard InChI is InChI=1S/C24H27N3O4/c1-4-20-19-8-6-5-7-16(19)13-14-26(20)21(28)15-27-22(29)24(2,25-23(27)30)17-9-11-18(31-3)12-10-17/h5-12,20H,4,13-15H2,1-3H3,(H,25,30). The Kier molecular flexibility index (Phi) is 5.43. The van der Waals surface area contributed by atoms with Gasteiger partial charge in [-0.15, -0.1) is 0 Å². The fraction of sp³-hybridized carbons (Fsp3) is 0.375. The number of urea groups is 1. The fourth-order valence-corrected chi connectivity index (χ4v) is 4.58. The Morgan fingerprint density at radius 1 is 1.16 bits per heavy atom. The summed E-state index contributed by atoms with van der Waals surface area (Å²) in [5.74, 6) is 0.0115. The molecule has 2 atom stereocenters. The zero-order valence-corrected chi connectivity index (χ0v) is 18.1. The molecule has 2 unspecified atom stereocenters. The number of rotatable bonds is 5. The summed E-state index contributed by atoms with van der Waals surface area (Å²) in [4.78, 5) is 41.9. The van der Waals surface area contributed by atoms with E-state index >= 15 is 0 Å². The van der Waals surface area contributed by atoms with E-state index in [-0.39, 0.29) is 18.5 Å². The number of methoxy groups -OCH3 is 1. The molecule has 162 valence electrons. The molecule has 2 aliphatic heterocycles. The third-order valence-electron chi connectivity index (χ3n) is 6.36. The van der Waals surface area contributed by atoms with E-state index in [4.69, 9.17) is 4.74 Å². The van der Waals surface area contributed by atoms with E-state index in [1.165, 1.54) is 5.56 Å². The van der Waals surface area contributed by atoms with Crippen LogP contribution in [0.25, 0.3) is 0 Å². The van der Waals surface area contributed by atoms with Crippen molar-refractivity contribution in [1.29, 1.82) is 0 Å². The lowest BCUT2D eigenvalue weighted by atomic mass is 9.91. The molecule has 2 heterocycles. The van der Waals surface area contributed by atoms with Crippen molar-refractivity contribution in [2.75, 3.05) is 20.2 Å². The highest BCUT2D eigenvalue weighted by molar-refractivity contribution is 6.09. The number of hydrogen-bond acceptors (Lipinski definition) is 4. The number of benzene rings is 2. The van der Waals surface area contributed by atoms with Crippen molar-refractivity contribution in [2.24, 2.45) is 0 Å². The highest BCUT2D eigenvalue weighted by Crippen LogP contribution is 2.33. The molecule has 4 amide bonds. The Bertz CT molecular complexity index is 1020. The first-order valence-electron chi connectivity index (χ1n) is 10.5. The van der Waals surface area contributed by atoms with Crippen LogP contribution < -0.4 is 10.1 Å². The Balaban J connectivity index is 1.53. The molecular formula is C24H27N3O4. The quantitative estimate of drug-likeness (QED) is 0.753. The molecule has 31 heavy (non-hydrogen) atoms. The second-order valence-corrected chi connectivity index (χ2v) is 8.13. The van der Waals surface area contributed by atoms with Gasteiger partial charge in [0, 0.05) is 6.54 Å². The summed E-state index contributed by atoms with van der Waals surface area (Å²) >= 11 is 0. The van der Waals surface area contributed by atoms with Crippen LogP contribution >= 0.6 is 0 Å². The van der Waals surface area contributed by atoms with Gasteiger partial charge in [0.1, 0.15) is 17.8 Å². The molecule has 7 nitrogen and oxygen atoms in total. The Labute approximate surface area is 182 Å². The second-order valence-electron chi connectivity index (χ2n) is 8.13. The Morgan fingerprint density at radius 3 is 2.55 bits per heavy atom. The number of amides is 4. The first kappa shape index (κ1) is 20.9. The molecular weight excluding hydrogens is 394 g/mol. The van der Waals surface area contributed by atoms with Gasteiger partial charge >= 0.3 is 6.03 Å². The minimum Gasteiger partial charge on any atom is -0.497 e. The lowest BCUT2D eigenvalue weighted by Crippen LogP contribution is -2.47. The van der Waals surface area contributed by atoms with Crippen LogP contribution in [0.5, 0.6) is 5.75 Å². The van der Waals surface area contributed by atoms with Gasteiger partial charge in [-0.25, -0.2) is 4.79 Å². The molecule has 0 bridgehead atoms. The van der Waals surface area contributed by atoms with Crippen molar-refractivity contribution in [3.05, 3.63) is 65.2 Å². The first-order valence-corrected chi connectivity index (χ1v) is 10.5. The van der Waals surface area contributed by atoms with E-state index in [1.807, 2.05) is 19.1 Å². The summed E-state index contributed by atoms with van der Waals surface area (Å²) in [6.45, 7) is 4.01. The van der Waals surface area contributed by atoms with Gasteiger partial charge in [-0.2, -0.15) is 0 Å². The van der Waals surface area contributed by atoms with Crippen LogP contribution in [0.3, 0.4) is 0 Å². The van der Waals surface area contributed by atoms with E-state index in [0.29, 0.717) is 17.9 Å². The minimum absolute atomic E-state index is 0.0498. The molecule has 0 spiro atoms. The number of carbonyl (C=O) groups excluding carboxylic acids is 3. The van der Waals surface area contributed by atoms with Crippen LogP contribution in [0.2, 0.25) is 0 Å². The molecule has 0 radical (unpaired) electrons. The Morgan fingerprint density at radius 2 is 1.87 bits per heavy atom. The van der Waals surface area contributed by atoms with Gasteiger partial charge in [0.25, 0.3) is 5.91 Å². The van der Waals surface area contributed by atoms with Gasteiger partial charge in [0.15, 0.2) is 0 Å². The third kappa shape index (κ3) is 3.54. The summed E-state index contributed by atoms with van der Waals surface area (Å²) in [6, 6.07) is 14.5. The molecule has 2 aromatic rings. The van der Waals surface area contributed by atoms with Gasteiger partial charge < -0.3 is 15.0 Å². The van der Waals surface area contributed by atoms with E-state index in [1.54, 1.807) is 43.2 Å². The van der Waals surface area contributed by atoms with Crippen molar-refractivity contribution in [2.45, 2.75) is 38.3 Å². The molecule has 2 aromatic carbocycles. The molecule has 0 saturated carbocycles. The Hall–Kier alpha value is -3.35. The summed E-state index contributed by atoms with van der Waals surface area (Å²) < 4.78 is 5.17. The summed E-state index contributed by atoms with van der Waals surface area (Å²) in [5.41, 5.74) is 1.81. The molecule has 1 N–H and O–H groups in total. The smallest absolute Gasteiger partial charge is 0.325 e. The first-order chi connectivity index (χ1) is 14.9. The van der Waals surface area contributed by atoms with Crippen LogP contribution in [0.15, 0.2) is 48.5 Å². The van der Waals surface area contributed by atoms with Crippen LogP contribution in [0.4, 0.5) is 4.79 Å². The highest BCUT2D eigenvalue weighted by Gasteiger charge is 2.50. The topological polar surface area (TPSA) is 79.0 Å². The number of carbonyl (C=O) groups is 3. The highest BCUT2D eigenvalue weighted by atomic mass is 16.5. The number of nitrogens with zero attached hydrogens (tertiary/aromatic N) is 2. The number of imide groups is 1. The molecule has 0 aliphatic carbocycles. The van der Waals surface area contributed by atoms with Gasteiger partial charge in [-0.3, -0.25) is 14.5 Å². The van der Waals surface area contributed by atoms with E-state index in [2.05, 4.69) is 17.4 Å². The maximum absolute atomic E-state index is 13.2. The lowest BCUT2D eigenvalue weighted by molar-refractivity contribution is -0.140. The van der Waals surface area contributed by atoms with Gasteiger partial charge in [-0.05, 0) is 48.6 Å². The average Bonchev–Trinajstić information content (AvgIpc) is 3.02. The van der Waals surface area contributed by atoms with Crippen molar-refractivity contribution in [3.8, 4) is 5.75 Å². The van der Waals surface area contributed by atoms with E-state index in [9.17, 15) is 14.4 Å². The predicted molar refractivity (Wildman–Crippen MR) is 115 cm³/mol. The third-order valence-corrected chi connectivity index (χ3v) is 6.36. The number of hydrogen-bond donors (Lipinski definition) is 1. The van der Waals surface area contributed by atoms with Crippen molar-refractivity contribution >= 4 is 17.8 Å². The summed E-state index contributed by atoms with van der Waals surface area (Å²) in [5, 5.41) is 2.76. The van der Waals surface area contributed by atoms with Crippen LogP contribution in [-0.4, -0.2) is 47.8 Å². The fourth-order valence-electron chi connectivity index (χ4n) is 4.58. The van der Waals surface area contributed by atoms with Crippen molar-refractivity contribution in [1.82, 2.24) is 15.1 Å². The monoisotopic (exact) mass is 421 g/mol. The minimum atomic E-state index is -1.22. The lowest BCUT2D eigenvalue weighted by Gasteiger charge is -2.37. The zero-order valence-electron chi connectivity index (χ0n) is 18.1. The van der Waals surface area contributed by atoms with Gasteiger partial charge in [0.05, 0.1) is 13.2 Å². The summed E-state index contributed by atoms with van der Waals surface area (Å²) in [7, 11) is 1.56. The van der Waals surface area contributed by atoms with Crippen LogP contribution in [0.1, 0.15) is 43.0 Å². The van der Waals surface area contributed by atoms with Crippen molar-refractivity contribution in [3.63, 3.8) is 0 Å². The molecule has 0 aromatic heterocycles. The van der Waals surface area contributed by atoms with E-state index < -0.39 is 17.5 Å². The normalized spacial score (nSPS) is 22.9. The average molecular weight is 421 g/mol. The number of fused-ring (bicyclic) bond motifs is 1. The number of nitrogens with one attached hydrogen (secondary N) is 1. The molecule has 7 heteroatoms. The predicted octanol–water partition coefficient (Wildman–Crippen LogP) is 3.00. The molecule has 2 aliphatic rings. The van der Waals surface area contributed by atoms with Crippen LogP contribution in [0, 0.1) is 0 Å². The molecule has 1 saturated heterocycles. The maximum atomic E-state index is 13.2.